The minimum atomic E-state index is -0.621. The highest BCUT2D eigenvalue weighted by Crippen LogP contribution is 2.41. The van der Waals surface area contributed by atoms with Gasteiger partial charge in [0.2, 0.25) is 11.8 Å². The van der Waals surface area contributed by atoms with Crippen LogP contribution in [0, 0.1) is 22.0 Å². The monoisotopic (exact) mass is 308 g/mol. The number of carbonyl (C=O) groups is 2. The number of halogens is 1. The number of rotatable bonds is 2. The molecule has 1 aliphatic heterocycles. The van der Waals surface area contributed by atoms with Crippen molar-refractivity contribution in [2.24, 2.45) is 11.8 Å². The second kappa shape index (κ2) is 5.11. The molecule has 1 aromatic carbocycles. The van der Waals surface area contributed by atoms with Crippen LogP contribution in [0.5, 0.6) is 0 Å². The van der Waals surface area contributed by atoms with Crippen LogP contribution in [0.4, 0.5) is 11.4 Å². The molecule has 0 radical (unpaired) electrons. The molecule has 110 valence electrons. The van der Waals surface area contributed by atoms with Crippen LogP contribution < -0.4 is 4.90 Å². The first-order valence-corrected chi connectivity index (χ1v) is 7.20. The summed E-state index contributed by atoms with van der Waals surface area (Å²) in [5.74, 6) is -1.05. The molecule has 0 N–H and O–H groups in total. The molecule has 0 aromatic heterocycles. The molecule has 2 aliphatic rings. The van der Waals surface area contributed by atoms with Crippen molar-refractivity contribution < 1.29 is 14.5 Å². The summed E-state index contributed by atoms with van der Waals surface area (Å²) in [5, 5.41) is 10.9. The smallest absolute Gasteiger partial charge is 0.274 e. The van der Waals surface area contributed by atoms with Crippen molar-refractivity contribution in [2.75, 3.05) is 4.90 Å². The van der Waals surface area contributed by atoms with Gasteiger partial charge in [0.15, 0.2) is 0 Å². The van der Waals surface area contributed by atoms with Gasteiger partial charge in [0.25, 0.3) is 5.69 Å². The Balaban J connectivity index is 2.00. The number of hydrogen-bond acceptors (Lipinski definition) is 4. The molecule has 21 heavy (non-hydrogen) atoms. The van der Waals surface area contributed by atoms with Gasteiger partial charge in [0, 0.05) is 6.07 Å². The first kappa shape index (κ1) is 14.0. The van der Waals surface area contributed by atoms with Crippen molar-refractivity contribution in [3.63, 3.8) is 0 Å². The number of anilines is 1. The number of carbonyl (C=O) groups excluding carboxylic acids is 2. The number of benzene rings is 1. The third kappa shape index (κ3) is 2.19. The Bertz CT molecular complexity index is 622. The van der Waals surface area contributed by atoms with E-state index in [0.717, 1.165) is 17.7 Å². The van der Waals surface area contributed by atoms with Crippen molar-refractivity contribution >= 4 is 34.8 Å². The van der Waals surface area contributed by atoms with Gasteiger partial charge in [0.05, 0.1) is 22.4 Å². The van der Waals surface area contributed by atoms with Crippen LogP contribution in [0.25, 0.3) is 0 Å². The molecule has 0 bridgehead atoms. The molecule has 1 saturated carbocycles. The highest BCUT2D eigenvalue weighted by atomic mass is 35.5. The number of imide groups is 1. The summed E-state index contributed by atoms with van der Waals surface area (Å²) >= 11 is 5.76. The van der Waals surface area contributed by atoms with Gasteiger partial charge < -0.3 is 0 Å². The van der Waals surface area contributed by atoms with Crippen molar-refractivity contribution in [3.8, 4) is 0 Å². The molecule has 0 spiro atoms. The number of nitrogens with zero attached hydrogens (tertiary/aromatic N) is 2. The molecular weight excluding hydrogens is 296 g/mol. The second-order valence-corrected chi connectivity index (χ2v) is 5.81. The molecule has 2 unspecified atom stereocenters. The quantitative estimate of drug-likeness (QED) is 0.478. The van der Waals surface area contributed by atoms with Crippen molar-refractivity contribution in [1.82, 2.24) is 0 Å². The van der Waals surface area contributed by atoms with Crippen LogP contribution in [0.15, 0.2) is 18.2 Å². The Hall–Kier alpha value is -1.95. The third-order valence-electron chi connectivity index (χ3n) is 4.23. The summed E-state index contributed by atoms with van der Waals surface area (Å²) in [6.45, 7) is 0. The van der Waals surface area contributed by atoms with E-state index in [1.807, 2.05) is 0 Å². The predicted octanol–water partition coefficient (Wildman–Crippen LogP) is 2.93. The maximum absolute atomic E-state index is 12.4. The van der Waals surface area contributed by atoms with E-state index in [0.29, 0.717) is 12.8 Å². The zero-order chi connectivity index (χ0) is 15.1. The fourth-order valence-corrected chi connectivity index (χ4v) is 3.38. The zero-order valence-electron chi connectivity index (χ0n) is 11.1. The minimum Gasteiger partial charge on any atom is -0.274 e. The Morgan fingerprint density at radius 2 is 1.71 bits per heavy atom. The molecule has 1 saturated heterocycles. The van der Waals surface area contributed by atoms with Gasteiger partial charge in [-0.15, -0.1) is 0 Å². The van der Waals surface area contributed by atoms with Crippen LogP contribution in [-0.4, -0.2) is 16.7 Å². The average molecular weight is 309 g/mol. The Morgan fingerprint density at radius 1 is 1.14 bits per heavy atom. The van der Waals surface area contributed by atoms with E-state index in [2.05, 4.69) is 0 Å². The Labute approximate surface area is 125 Å². The maximum atomic E-state index is 12.4. The van der Waals surface area contributed by atoms with Crippen molar-refractivity contribution in [2.45, 2.75) is 25.7 Å². The lowest BCUT2D eigenvalue weighted by atomic mass is 9.81. The number of nitro groups is 1. The van der Waals surface area contributed by atoms with E-state index in [1.54, 1.807) is 0 Å². The summed E-state index contributed by atoms with van der Waals surface area (Å²) in [7, 11) is 0. The maximum Gasteiger partial charge on any atom is 0.289 e. The summed E-state index contributed by atoms with van der Waals surface area (Å²) in [5.41, 5.74) is -0.0693. The van der Waals surface area contributed by atoms with Gasteiger partial charge in [0.1, 0.15) is 5.02 Å². The van der Waals surface area contributed by atoms with Crippen LogP contribution in [0.2, 0.25) is 5.02 Å². The normalized spacial score (nSPS) is 25.1. The number of hydrogen-bond donors (Lipinski definition) is 0. The van der Waals surface area contributed by atoms with Gasteiger partial charge >= 0.3 is 0 Å². The molecule has 2 amide bonds. The van der Waals surface area contributed by atoms with Gasteiger partial charge in [-0.3, -0.25) is 19.7 Å². The lowest BCUT2D eigenvalue weighted by Gasteiger charge is -2.19. The zero-order valence-corrected chi connectivity index (χ0v) is 11.9. The molecule has 3 rings (SSSR count). The molecule has 1 aliphatic carbocycles. The highest BCUT2D eigenvalue weighted by molar-refractivity contribution is 6.33. The first-order valence-electron chi connectivity index (χ1n) is 6.82. The van der Waals surface area contributed by atoms with E-state index in [4.69, 9.17) is 11.6 Å². The number of nitro benzene ring substituents is 1. The lowest BCUT2D eigenvalue weighted by molar-refractivity contribution is -0.384. The van der Waals surface area contributed by atoms with Crippen LogP contribution in [0.3, 0.4) is 0 Å². The summed E-state index contributed by atoms with van der Waals surface area (Å²) in [6.07, 6.45) is 3.30. The van der Waals surface area contributed by atoms with Crippen LogP contribution in [-0.2, 0) is 9.59 Å². The molecular formula is C14H13ClN2O4. The Morgan fingerprint density at radius 3 is 2.24 bits per heavy atom. The largest absolute Gasteiger partial charge is 0.289 e. The molecule has 1 aromatic rings. The molecule has 1 heterocycles. The number of amides is 2. The van der Waals surface area contributed by atoms with E-state index in [-0.39, 0.29) is 40.0 Å². The van der Waals surface area contributed by atoms with Gasteiger partial charge in [-0.1, -0.05) is 24.4 Å². The van der Waals surface area contributed by atoms with Gasteiger partial charge in [-0.25, -0.2) is 4.90 Å². The van der Waals surface area contributed by atoms with Crippen LogP contribution in [0.1, 0.15) is 25.7 Å². The molecule has 2 fully saturated rings. The lowest BCUT2D eigenvalue weighted by Crippen LogP contribution is -2.30. The van der Waals surface area contributed by atoms with Crippen molar-refractivity contribution in [3.05, 3.63) is 33.3 Å². The number of fused-ring (bicyclic) bond motifs is 1. The van der Waals surface area contributed by atoms with E-state index >= 15 is 0 Å². The topological polar surface area (TPSA) is 80.5 Å². The van der Waals surface area contributed by atoms with Crippen molar-refractivity contribution in [1.29, 1.82) is 0 Å². The fourth-order valence-electron chi connectivity index (χ4n) is 3.20. The SMILES string of the molecule is O=C1C2CCCCC2C(=O)N1c1ccc(Cl)c([N+](=O)[O-])c1. The fraction of sp³-hybridized carbons (Fsp3) is 0.429. The van der Waals surface area contributed by atoms with Gasteiger partial charge in [-0.2, -0.15) is 0 Å². The summed E-state index contributed by atoms with van der Waals surface area (Å²) < 4.78 is 0. The first-order chi connectivity index (χ1) is 10.0. The Kier molecular flexibility index (Phi) is 3.41. The third-order valence-corrected chi connectivity index (χ3v) is 4.55. The molecule has 6 nitrogen and oxygen atoms in total. The minimum absolute atomic E-state index is 0.0136. The summed E-state index contributed by atoms with van der Waals surface area (Å²) in [4.78, 5) is 36.2. The highest BCUT2D eigenvalue weighted by Gasteiger charge is 2.48. The van der Waals surface area contributed by atoms with Crippen LogP contribution >= 0.6 is 11.6 Å². The standard InChI is InChI=1S/C14H13ClN2O4/c15-11-6-5-8(7-12(11)17(20)21)16-13(18)9-3-1-2-4-10(9)14(16)19/h5-7,9-10H,1-4H2. The predicted molar refractivity (Wildman–Crippen MR) is 76.0 cm³/mol. The summed E-state index contributed by atoms with van der Waals surface area (Å²) in [6, 6.07) is 4.01. The van der Waals surface area contributed by atoms with E-state index < -0.39 is 4.92 Å². The van der Waals surface area contributed by atoms with E-state index in [9.17, 15) is 19.7 Å². The average Bonchev–Trinajstić information content (AvgIpc) is 2.72. The second-order valence-electron chi connectivity index (χ2n) is 5.40. The molecule has 2 atom stereocenters. The van der Waals surface area contributed by atoms with Gasteiger partial charge in [-0.05, 0) is 25.0 Å². The van der Waals surface area contributed by atoms with E-state index in [1.165, 1.54) is 18.2 Å². The molecule has 7 heteroatoms.